The van der Waals surface area contributed by atoms with Crippen molar-refractivity contribution >= 4 is 32.5 Å². The quantitative estimate of drug-likeness (QED) is 0.368. The minimum absolute atomic E-state index is 0.0195. The summed E-state index contributed by atoms with van der Waals surface area (Å²) in [6, 6.07) is 12.0. The highest BCUT2D eigenvalue weighted by Crippen LogP contribution is 2.14. The van der Waals surface area contributed by atoms with E-state index < -0.39 is 9.84 Å². The molecule has 1 atom stereocenters. The number of aromatic nitrogens is 1. The van der Waals surface area contributed by atoms with Crippen molar-refractivity contribution in [2.45, 2.75) is 19.4 Å². The number of fused-ring (bicyclic) bond motifs is 1. The van der Waals surface area contributed by atoms with Crippen LogP contribution in [0, 0.1) is 0 Å². The van der Waals surface area contributed by atoms with Crippen LogP contribution in [0.15, 0.2) is 41.4 Å². The zero-order valence-corrected chi connectivity index (χ0v) is 16.3. The highest BCUT2D eigenvalue weighted by Gasteiger charge is 2.09. The SMILES string of the molecule is CN=C(NCCNc1ccc2ccccc2n1)NC(C)CCS(C)(=O)=O. The van der Waals surface area contributed by atoms with Gasteiger partial charge < -0.3 is 16.0 Å². The number of guanidine groups is 1. The van der Waals surface area contributed by atoms with Gasteiger partial charge in [0.25, 0.3) is 0 Å². The van der Waals surface area contributed by atoms with Crippen molar-refractivity contribution in [3.05, 3.63) is 36.4 Å². The molecular formula is C18H27N5O2S. The molecule has 0 saturated heterocycles. The van der Waals surface area contributed by atoms with E-state index in [1.54, 1.807) is 7.05 Å². The second-order valence-corrected chi connectivity index (χ2v) is 8.54. The monoisotopic (exact) mass is 377 g/mol. The van der Waals surface area contributed by atoms with Crippen molar-refractivity contribution in [2.24, 2.45) is 4.99 Å². The standard InChI is InChI=1S/C18H27N5O2S/c1-14(10-13-26(3,24)25)22-18(19-2)21-12-11-20-17-9-8-15-6-4-5-7-16(15)23-17/h4-9,14H,10-13H2,1-3H3,(H,20,23)(H2,19,21,22). The summed E-state index contributed by atoms with van der Waals surface area (Å²) in [6.45, 7) is 3.28. The molecule has 0 spiro atoms. The molecule has 0 aliphatic heterocycles. The molecule has 1 aromatic heterocycles. The van der Waals surface area contributed by atoms with Crippen LogP contribution in [0.3, 0.4) is 0 Å². The molecule has 2 rings (SSSR count). The number of rotatable bonds is 8. The molecule has 0 aliphatic rings. The fourth-order valence-electron chi connectivity index (χ4n) is 2.43. The minimum Gasteiger partial charge on any atom is -0.368 e. The number of nitrogens with one attached hydrogen (secondary N) is 3. The number of para-hydroxylation sites is 1. The Morgan fingerprint density at radius 2 is 1.96 bits per heavy atom. The topological polar surface area (TPSA) is 95.5 Å². The smallest absolute Gasteiger partial charge is 0.191 e. The van der Waals surface area contributed by atoms with Gasteiger partial charge in [-0.3, -0.25) is 4.99 Å². The van der Waals surface area contributed by atoms with Crippen LogP contribution in [0.4, 0.5) is 5.82 Å². The summed E-state index contributed by atoms with van der Waals surface area (Å²) in [7, 11) is -1.25. The number of hydrogen-bond acceptors (Lipinski definition) is 5. The van der Waals surface area contributed by atoms with Gasteiger partial charge in [0.15, 0.2) is 5.96 Å². The predicted octanol–water partition coefficient (Wildman–Crippen LogP) is 1.63. The Morgan fingerprint density at radius 1 is 1.19 bits per heavy atom. The summed E-state index contributed by atoms with van der Waals surface area (Å²) in [5, 5.41) is 10.8. The van der Waals surface area contributed by atoms with Crippen molar-refractivity contribution in [3.63, 3.8) is 0 Å². The maximum absolute atomic E-state index is 11.2. The molecule has 26 heavy (non-hydrogen) atoms. The third kappa shape index (κ3) is 6.87. The van der Waals surface area contributed by atoms with Gasteiger partial charge in [0.05, 0.1) is 11.3 Å². The van der Waals surface area contributed by atoms with Crippen LogP contribution < -0.4 is 16.0 Å². The van der Waals surface area contributed by atoms with Gasteiger partial charge in [-0.1, -0.05) is 18.2 Å². The van der Waals surface area contributed by atoms with Crippen LogP contribution in [-0.4, -0.2) is 57.5 Å². The van der Waals surface area contributed by atoms with Crippen LogP contribution in [0.1, 0.15) is 13.3 Å². The maximum Gasteiger partial charge on any atom is 0.191 e. The fourth-order valence-corrected chi connectivity index (χ4v) is 3.21. The summed E-state index contributed by atoms with van der Waals surface area (Å²) in [5.41, 5.74) is 0.961. The molecule has 0 fully saturated rings. The zero-order valence-electron chi connectivity index (χ0n) is 15.5. The number of benzene rings is 1. The number of nitrogens with zero attached hydrogens (tertiary/aromatic N) is 2. The minimum atomic E-state index is -2.95. The van der Waals surface area contributed by atoms with Crippen molar-refractivity contribution in [2.75, 3.05) is 37.5 Å². The van der Waals surface area contributed by atoms with Gasteiger partial charge in [-0.05, 0) is 31.5 Å². The van der Waals surface area contributed by atoms with E-state index in [9.17, 15) is 8.42 Å². The summed E-state index contributed by atoms with van der Waals surface area (Å²) in [4.78, 5) is 8.73. The van der Waals surface area contributed by atoms with Crippen LogP contribution in [0.25, 0.3) is 10.9 Å². The molecule has 0 amide bonds. The van der Waals surface area contributed by atoms with E-state index in [1.165, 1.54) is 6.26 Å². The summed E-state index contributed by atoms with van der Waals surface area (Å²) >= 11 is 0. The average Bonchev–Trinajstić information content (AvgIpc) is 2.61. The lowest BCUT2D eigenvalue weighted by atomic mass is 10.2. The summed E-state index contributed by atoms with van der Waals surface area (Å²) < 4.78 is 22.5. The lowest BCUT2D eigenvalue weighted by Crippen LogP contribution is -2.44. The van der Waals surface area contributed by atoms with Gasteiger partial charge in [0.2, 0.25) is 0 Å². The number of anilines is 1. The summed E-state index contributed by atoms with van der Waals surface area (Å²) in [5.74, 6) is 1.64. The molecule has 1 heterocycles. The van der Waals surface area contributed by atoms with Gasteiger partial charge >= 0.3 is 0 Å². The molecule has 0 radical (unpaired) electrons. The predicted molar refractivity (Wildman–Crippen MR) is 109 cm³/mol. The van der Waals surface area contributed by atoms with Gasteiger partial charge in [-0.15, -0.1) is 0 Å². The molecule has 1 unspecified atom stereocenters. The molecule has 0 saturated carbocycles. The zero-order chi connectivity index (χ0) is 19.0. The molecule has 7 nitrogen and oxygen atoms in total. The first-order valence-electron chi connectivity index (χ1n) is 8.62. The van der Waals surface area contributed by atoms with Crippen LogP contribution in [0.5, 0.6) is 0 Å². The molecule has 0 aliphatic carbocycles. The molecular weight excluding hydrogens is 350 g/mol. The van der Waals surface area contributed by atoms with Crippen LogP contribution in [-0.2, 0) is 9.84 Å². The number of sulfone groups is 1. The van der Waals surface area contributed by atoms with Crippen LogP contribution in [0.2, 0.25) is 0 Å². The Balaban J connectivity index is 1.74. The second kappa shape index (κ2) is 9.38. The number of hydrogen-bond donors (Lipinski definition) is 3. The van der Waals surface area contributed by atoms with E-state index >= 15 is 0 Å². The van der Waals surface area contributed by atoms with Crippen molar-refractivity contribution in [1.82, 2.24) is 15.6 Å². The molecule has 8 heteroatoms. The van der Waals surface area contributed by atoms with E-state index in [0.29, 0.717) is 25.5 Å². The average molecular weight is 378 g/mol. The molecule has 142 valence electrons. The summed E-state index contributed by atoms with van der Waals surface area (Å²) in [6.07, 6.45) is 1.79. The Hall–Kier alpha value is -2.35. The molecule has 2 aromatic rings. The first-order valence-corrected chi connectivity index (χ1v) is 10.7. The van der Waals surface area contributed by atoms with Gasteiger partial charge in [-0.25, -0.2) is 13.4 Å². The van der Waals surface area contributed by atoms with E-state index in [4.69, 9.17) is 0 Å². The van der Waals surface area contributed by atoms with E-state index in [0.717, 1.165) is 16.7 Å². The van der Waals surface area contributed by atoms with E-state index in [2.05, 4.69) is 25.9 Å². The van der Waals surface area contributed by atoms with Crippen molar-refractivity contribution < 1.29 is 8.42 Å². The first-order chi connectivity index (χ1) is 12.4. The van der Waals surface area contributed by atoms with E-state index in [-0.39, 0.29) is 11.8 Å². The Bertz CT molecular complexity index is 852. The Kier molecular flexibility index (Phi) is 7.20. The molecule has 0 bridgehead atoms. The maximum atomic E-state index is 11.2. The first kappa shape index (κ1) is 20.0. The van der Waals surface area contributed by atoms with Crippen LogP contribution >= 0.6 is 0 Å². The second-order valence-electron chi connectivity index (χ2n) is 6.28. The van der Waals surface area contributed by atoms with E-state index in [1.807, 2.05) is 43.3 Å². The van der Waals surface area contributed by atoms with Gasteiger partial charge in [0.1, 0.15) is 15.7 Å². The van der Waals surface area contributed by atoms with Crippen molar-refractivity contribution in [3.8, 4) is 0 Å². The highest BCUT2D eigenvalue weighted by molar-refractivity contribution is 7.90. The Morgan fingerprint density at radius 3 is 2.69 bits per heavy atom. The Labute approximate surface area is 155 Å². The number of aliphatic imine (C=N–C) groups is 1. The van der Waals surface area contributed by atoms with Crippen molar-refractivity contribution in [1.29, 1.82) is 0 Å². The fraction of sp³-hybridized carbons (Fsp3) is 0.444. The largest absolute Gasteiger partial charge is 0.368 e. The van der Waals surface area contributed by atoms with Gasteiger partial charge in [-0.2, -0.15) is 0 Å². The third-order valence-corrected chi connectivity index (χ3v) is 4.83. The number of pyridine rings is 1. The third-order valence-electron chi connectivity index (χ3n) is 3.85. The highest BCUT2D eigenvalue weighted by atomic mass is 32.2. The van der Waals surface area contributed by atoms with Gasteiger partial charge in [0, 0.05) is 37.8 Å². The lowest BCUT2D eigenvalue weighted by Gasteiger charge is -2.17. The lowest BCUT2D eigenvalue weighted by molar-refractivity contribution is 0.581. The molecule has 3 N–H and O–H groups in total. The normalized spacial score (nSPS) is 13.4. The molecule has 1 aromatic carbocycles.